The number of carboxylic acids is 1. The van der Waals surface area contributed by atoms with Gasteiger partial charge in [0, 0.05) is 26.2 Å². The molecule has 112 valence electrons. The molecule has 0 spiro atoms. The van der Waals surface area contributed by atoms with E-state index in [-0.39, 0.29) is 24.9 Å². The SMILES string of the molecule is COC1CC(C(=O)O)N(C(=O)/C=C/c2ccc(F)cc2)C1. The van der Waals surface area contributed by atoms with Crippen molar-refractivity contribution in [3.63, 3.8) is 0 Å². The van der Waals surface area contributed by atoms with Crippen molar-refractivity contribution in [1.82, 2.24) is 4.90 Å². The van der Waals surface area contributed by atoms with Gasteiger partial charge in [0.1, 0.15) is 11.9 Å². The van der Waals surface area contributed by atoms with Crippen LogP contribution in [0.1, 0.15) is 12.0 Å². The number of nitrogens with zero attached hydrogens (tertiary/aromatic N) is 1. The molecule has 2 rings (SSSR count). The van der Waals surface area contributed by atoms with Gasteiger partial charge in [-0.3, -0.25) is 4.79 Å². The zero-order valence-electron chi connectivity index (χ0n) is 11.5. The molecule has 1 saturated heterocycles. The van der Waals surface area contributed by atoms with Crippen LogP contribution < -0.4 is 0 Å². The number of halogens is 1. The lowest BCUT2D eigenvalue weighted by molar-refractivity contribution is -0.146. The summed E-state index contributed by atoms with van der Waals surface area (Å²) in [5.74, 6) is -1.80. The van der Waals surface area contributed by atoms with Crippen molar-refractivity contribution in [2.75, 3.05) is 13.7 Å². The van der Waals surface area contributed by atoms with Gasteiger partial charge in [0.2, 0.25) is 5.91 Å². The third kappa shape index (κ3) is 3.66. The molecule has 2 atom stereocenters. The summed E-state index contributed by atoms with van der Waals surface area (Å²) < 4.78 is 17.9. The minimum absolute atomic E-state index is 0.250. The van der Waals surface area contributed by atoms with Gasteiger partial charge in [-0.2, -0.15) is 0 Å². The number of methoxy groups -OCH3 is 1. The van der Waals surface area contributed by atoms with E-state index in [1.54, 1.807) is 0 Å². The number of ether oxygens (including phenoxy) is 1. The maximum absolute atomic E-state index is 12.8. The summed E-state index contributed by atoms with van der Waals surface area (Å²) in [6.45, 7) is 0.250. The molecule has 0 bridgehead atoms. The van der Waals surface area contributed by atoms with Crippen LogP contribution in [0.25, 0.3) is 6.08 Å². The Hall–Kier alpha value is -2.21. The fourth-order valence-corrected chi connectivity index (χ4v) is 2.28. The first-order chi connectivity index (χ1) is 10.0. The maximum Gasteiger partial charge on any atom is 0.326 e. The predicted molar refractivity (Wildman–Crippen MR) is 74.0 cm³/mol. The highest BCUT2D eigenvalue weighted by molar-refractivity contribution is 5.94. The van der Waals surface area contributed by atoms with E-state index in [0.717, 1.165) is 0 Å². The first kappa shape index (κ1) is 15.2. The largest absolute Gasteiger partial charge is 0.480 e. The fourth-order valence-electron chi connectivity index (χ4n) is 2.28. The average Bonchev–Trinajstić information content (AvgIpc) is 2.91. The van der Waals surface area contributed by atoms with E-state index in [0.29, 0.717) is 5.56 Å². The van der Waals surface area contributed by atoms with Crippen molar-refractivity contribution in [2.45, 2.75) is 18.6 Å². The second kappa shape index (κ2) is 6.49. The molecule has 1 aliphatic heterocycles. The number of benzene rings is 1. The van der Waals surface area contributed by atoms with Gasteiger partial charge >= 0.3 is 5.97 Å². The molecule has 1 aliphatic rings. The van der Waals surface area contributed by atoms with Gasteiger partial charge < -0.3 is 14.7 Å². The van der Waals surface area contributed by atoms with Crippen LogP contribution in [-0.4, -0.2) is 47.7 Å². The molecule has 1 amide bonds. The number of carbonyl (C=O) groups excluding carboxylic acids is 1. The predicted octanol–water partition coefficient (Wildman–Crippen LogP) is 1.54. The van der Waals surface area contributed by atoms with Crippen LogP contribution in [0.3, 0.4) is 0 Å². The summed E-state index contributed by atoms with van der Waals surface area (Å²) >= 11 is 0. The average molecular weight is 293 g/mol. The Kier molecular flexibility index (Phi) is 4.70. The molecule has 0 aromatic heterocycles. The minimum atomic E-state index is -1.04. The molecule has 0 saturated carbocycles. The topological polar surface area (TPSA) is 66.8 Å². The summed E-state index contributed by atoms with van der Waals surface area (Å²) in [6.07, 6.45) is 2.83. The van der Waals surface area contributed by atoms with Crippen LogP contribution in [0, 0.1) is 5.82 Å². The lowest BCUT2D eigenvalue weighted by Gasteiger charge is -2.19. The molecule has 1 N–H and O–H groups in total. The van der Waals surface area contributed by atoms with Gasteiger partial charge in [-0.1, -0.05) is 12.1 Å². The number of likely N-dealkylation sites (tertiary alicyclic amines) is 1. The molecule has 5 nitrogen and oxygen atoms in total. The molecule has 0 radical (unpaired) electrons. The van der Waals surface area contributed by atoms with E-state index < -0.39 is 17.9 Å². The van der Waals surface area contributed by atoms with Crippen LogP contribution in [-0.2, 0) is 14.3 Å². The van der Waals surface area contributed by atoms with E-state index in [1.807, 2.05) is 0 Å². The molecule has 2 unspecified atom stereocenters. The fraction of sp³-hybridized carbons (Fsp3) is 0.333. The van der Waals surface area contributed by atoms with Crippen molar-refractivity contribution >= 4 is 18.0 Å². The van der Waals surface area contributed by atoms with Crippen molar-refractivity contribution in [2.24, 2.45) is 0 Å². The second-order valence-electron chi connectivity index (χ2n) is 4.82. The number of hydrogen-bond acceptors (Lipinski definition) is 3. The Bertz CT molecular complexity index is 555. The summed E-state index contributed by atoms with van der Waals surface area (Å²) in [6, 6.07) is 4.79. The lowest BCUT2D eigenvalue weighted by Crippen LogP contribution is -2.39. The monoisotopic (exact) mass is 293 g/mol. The van der Waals surface area contributed by atoms with Crippen molar-refractivity contribution in [1.29, 1.82) is 0 Å². The minimum Gasteiger partial charge on any atom is -0.480 e. The van der Waals surface area contributed by atoms with Crippen molar-refractivity contribution in [3.05, 3.63) is 41.7 Å². The Labute approximate surface area is 121 Å². The van der Waals surface area contributed by atoms with E-state index in [4.69, 9.17) is 9.84 Å². The highest BCUT2D eigenvalue weighted by Gasteiger charge is 2.38. The first-order valence-electron chi connectivity index (χ1n) is 6.51. The summed E-state index contributed by atoms with van der Waals surface area (Å²) in [5.41, 5.74) is 0.666. The second-order valence-corrected chi connectivity index (χ2v) is 4.82. The van der Waals surface area contributed by atoms with Gasteiger partial charge in [0.25, 0.3) is 0 Å². The van der Waals surface area contributed by atoms with Gasteiger partial charge in [0.15, 0.2) is 0 Å². The number of rotatable bonds is 4. The van der Waals surface area contributed by atoms with E-state index in [9.17, 15) is 14.0 Å². The molecule has 1 fully saturated rings. The number of carbonyl (C=O) groups is 2. The Morgan fingerprint density at radius 1 is 1.38 bits per heavy atom. The van der Waals surface area contributed by atoms with E-state index in [1.165, 1.54) is 48.4 Å². The molecule has 1 heterocycles. The normalized spacial score (nSPS) is 21.9. The Balaban J connectivity index is 2.07. The summed E-state index contributed by atoms with van der Waals surface area (Å²) in [4.78, 5) is 24.6. The van der Waals surface area contributed by atoms with Gasteiger partial charge in [0.05, 0.1) is 6.10 Å². The van der Waals surface area contributed by atoms with Crippen LogP contribution in [0.2, 0.25) is 0 Å². The van der Waals surface area contributed by atoms with Gasteiger partial charge in [-0.25, -0.2) is 9.18 Å². The standard InChI is InChI=1S/C15H16FNO4/c1-21-12-8-13(15(19)20)17(9-12)14(18)7-4-10-2-5-11(16)6-3-10/h2-7,12-13H,8-9H2,1H3,(H,19,20)/b7-4+. The van der Waals surface area contributed by atoms with Crippen LogP contribution in [0.15, 0.2) is 30.3 Å². The van der Waals surface area contributed by atoms with Crippen molar-refractivity contribution in [3.8, 4) is 0 Å². The number of hydrogen-bond donors (Lipinski definition) is 1. The molecule has 1 aromatic rings. The number of amides is 1. The van der Waals surface area contributed by atoms with E-state index in [2.05, 4.69) is 0 Å². The molecule has 1 aromatic carbocycles. The first-order valence-corrected chi connectivity index (χ1v) is 6.51. The van der Waals surface area contributed by atoms with Crippen LogP contribution in [0.4, 0.5) is 4.39 Å². The maximum atomic E-state index is 12.8. The van der Waals surface area contributed by atoms with Gasteiger partial charge in [-0.05, 0) is 23.8 Å². The summed E-state index contributed by atoms with van der Waals surface area (Å²) in [5, 5.41) is 9.15. The molecule has 21 heavy (non-hydrogen) atoms. The highest BCUT2D eigenvalue weighted by atomic mass is 19.1. The van der Waals surface area contributed by atoms with Gasteiger partial charge in [-0.15, -0.1) is 0 Å². The molecular weight excluding hydrogens is 277 g/mol. The zero-order chi connectivity index (χ0) is 15.4. The quantitative estimate of drug-likeness (QED) is 0.855. The van der Waals surface area contributed by atoms with Crippen LogP contribution >= 0.6 is 0 Å². The third-order valence-electron chi connectivity index (χ3n) is 3.45. The highest BCUT2D eigenvalue weighted by Crippen LogP contribution is 2.21. The number of aliphatic carboxylic acids is 1. The molecule has 0 aliphatic carbocycles. The molecule has 6 heteroatoms. The van der Waals surface area contributed by atoms with E-state index >= 15 is 0 Å². The smallest absolute Gasteiger partial charge is 0.326 e. The summed E-state index contributed by atoms with van der Waals surface area (Å²) in [7, 11) is 1.49. The van der Waals surface area contributed by atoms with Crippen molar-refractivity contribution < 1.29 is 23.8 Å². The van der Waals surface area contributed by atoms with Crippen LogP contribution in [0.5, 0.6) is 0 Å². The number of carboxylic acid groups (broad SMARTS) is 1. The Morgan fingerprint density at radius 3 is 2.62 bits per heavy atom. The Morgan fingerprint density at radius 2 is 2.05 bits per heavy atom. The molecular formula is C15H16FNO4. The lowest BCUT2D eigenvalue weighted by atomic mass is 10.2. The third-order valence-corrected chi connectivity index (χ3v) is 3.45. The zero-order valence-corrected chi connectivity index (χ0v) is 11.5.